The molecule has 3 rings (SSSR count). The highest BCUT2D eigenvalue weighted by molar-refractivity contribution is 5.97. The lowest BCUT2D eigenvalue weighted by Crippen LogP contribution is -2.36. The van der Waals surface area contributed by atoms with Gasteiger partial charge in [0.15, 0.2) is 0 Å². The van der Waals surface area contributed by atoms with Crippen LogP contribution in [-0.4, -0.2) is 17.0 Å². The molecule has 0 heterocycles. The van der Waals surface area contributed by atoms with Crippen LogP contribution in [0.4, 0.5) is 5.69 Å². The zero-order valence-corrected chi connectivity index (χ0v) is 14.5. The van der Waals surface area contributed by atoms with Crippen LogP contribution in [0.1, 0.15) is 25.0 Å². The summed E-state index contributed by atoms with van der Waals surface area (Å²) in [7, 11) is 0. The van der Waals surface area contributed by atoms with Gasteiger partial charge in [-0.25, -0.2) is 0 Å². The molecule has 1 fully saturated rings. The van der Waals surface area contributed by atoms with E-state index in [0.717, 1.165) is 28.0 Å². The van der Waals surface area contributed by atoms with E-state index >= 15 is 0 Å². The van der Waals surface area contributed by atoms with Gasteiger partial charge < -0.3 is 10.4 Å². The minimum Gasteiger partial charge on any atom is -0.481 e. The molecule has 1 amide bonds. The first-order valence-electron chi connectivity index (χ1n) is 8.27. The fraction of sp³-hybridized carbons (Fsp3) is 0.400. The summed E-state index contributed by atoms with van der Waals surface area (Å²) < 4.78 is 0. The lowest BCUT2D eigenvalue weighted by atomic mass is 9.82. The van der Waals surface area contributed by atoms with Gasteiger partial charge in [0.1, 0.15) is 0 Å². The van der Waals surface area contributed by atoms with Crippen LogP contribution in [0.25, 0.3) is 0 Å². The second-order valence-corrected chi connectivity index (χ2v) is 7.07. The number of fused-ring (bicyclic) bond motifs is 2. The van der Waals surface area contributed by atoms with Gasteiger partial charge >= 0.3 is 5.97 Å². The SMILES string of the molecule is CC(C)=C1C2C=CC1C(C(=O)Nc1ccc(C)c(C)c1)C2C(=O)O. The zero-order valence-electron chi connectivity index (χ0n) is 14.5. The number of carboxylic acids is 1. The van der Waals surface area contributed by atoms with E-state index < -0.39 is 17.8 Å². The first-order chi connectivity index (χ1) is 11.3. The second-order valence-electron chi connectivity index (χ2n) is 7.07. The molecule has 0 radical (unpaired) electrons. The van der Waals surface area contributed by atoms with Crippen molar-refractivity contribution in [3.05, 3.63) is 52.6 Å². The van der Waals surface area contributed by atoms with Gasteiger partial charge in [0.2, 0.25) is 5.91 Å². The molecule has 126 valence electrons. The molecule has 4 heteroatoms. The monoisotopic (exact) mass is 325 g/mol. The number of nitrogens with one attached hydrogen (secondary N) is 1. The molecule has 2 bridgehead atoms. The molecule has 0 aromatic heterocycles. The van der Waals surface area contributed by atoms with Crippen LogP contribution in [-0.2, 0) is 9.59 Å². The highest BCUT2D eigenvalue weighted by Gasteiger charge is 2.54. The lowest BCUT2D eigenvalue weighted by molar-refractivity contribution is -0.146. The number of aryl methyl sites for hydroxylation is 2. The number of benzene rings is 1. The van der Waals surface area contributed by atoms with Crippen LogP contribution >= 0.6 is 0 Å². The normalized spacial score (nSPS) is 27.4. The molecule has 2 aliphatic carbocycles. The minimum absolute atomic E-state index is 0.104. The van der Waals surface area contributed by atoms with Crippen LogP contribution in [0.2, 0.25) is 0 Å². The summed E-state index contributed by atoms with van der Waals surface area (Å²) in [5.74, 6) is -2.60. The van der Waals surface area contributed by atoms with Gasteiger partial charge in [0, 0.05) is 17.5 Å². The molecule has 0 spiro atoms. The summed E-state index contributed by atoms with van der Waals surface area (Å²) in [5, 5.41) is 12.6. The quantitative estimate of drug-likeness (QED) is 0.833. The third-order valence-electron chi connectivity index (χ3n) is 5.34. The number of aliphatic carboxylic acids is 1. The number of carboxylic acid groups (broad SMARTS) is 1. The Bertz CT molecular complexity index is 771. The number of allylic oxidation sites excluding steroid dienone is 4. The van der Waals surface area contributed by atoms with Gasteiger partial charge in [-0.1, -0.05) is 29.4 Å². The van der Waals surface area contributed by atoms with Crippen LogP contribution in [0.5, 0.6) is 0 Å². The summed E-state index contributed by atoms with van der Waals surface area (Å²) in [5.41, 5.74) is 5.19. The van der Waals surface area contributed by atoms with Crippen molar-refractivity contribution in [3.8, 4) is 0 Å². The molecule has 4 unspecified atom stereocenters. The Morgan fingerprint density at radius 1 is 1.00 bits per heavy atom. The molecule has 4 atom stereocenters. The third kappa shape index (κ3) is 2.56. The summed E-state index contributed by atoms with van der Waals surface area (Å²) in [6.45, 7) is 7.99. The predicted octanol–water partition coefficient (Wildman–Crippen LogP) is 3.71. The molecule has 2 aliphatic rings. The number of carbonyl (C=O) groups is 2. The number of carbonyl (C=O) groups excluding carboxylic acids is 1. The predicted molar refractivity (Wildman–Crippen MR) is 93.7 cm³/mol. The van der Waals surface area contributed by atoms with E-state index in [2.05, 4.69) is 5.32 Å². The Morgan fingerprint density at radius 3 is 2.17 bits per heavy atom. The fourth-order valence-corrected chi connectivity index (χ4v) is 4.09. The van der Waals surface area contributed by atoms with E-state index in [1.165, 1.54) is 0 Å². The van der Waals surface area contributed by atoms with E-state index in [1.807, 2.05) is 58.0 Å². The zero-order chi connectivity index (χ0) is 17.6. The van der Waals surface area contributed by atoms with E-state index in [9.17, 15) is 14.7 Å². The Morgan fingerprint density at radius 2 is 1.62 bits per heavy atom. The smallest absolute Gasteiger partial charge is 0.308 e. The highest BCUT2D eigenvalue weighted by Crippen LogP contribution is 2.53. The number of rotatable bonds is 3. The molecular weight excluding hydrogens is 302 g/mol. The third-order valence-corrected chi connectivity index (χ3v) is 5.34. The maximum Gasteiger partial charge on any atom is 0.308 e. The molecular formula is C20H23NO3. The first-order valence-corrected chi connectivity index (χ1v) is 8.27. The van der Waals surface area contributed by atoms with Crippen LogP contribution in [0.3, 0.4) is 0 Å². The van der Waals surface area contributed by atoms with Crippen molar-refractivity contribution in [2.75, 3.05) is 5.32 Å². The number of hydrogen-bond donors (Lipinski definition) is 2. The number of anilines is 1. The summed E-state index contributed by atoms with van der Waals surface area (Å²) in [4.78, 5) is 24.6. The number of amides is 1. The van der Waals surface area contributed by atoms with E-state index in [4.69, 9.17) is 0 Å². The molecule has 24 heavy (non-hydrogen) atoms. The first kappa shape index (κ1) is 16.5. The minimum atomic E-state index is -0.897. The van der Waals surface area contributed by atoms with Crippen molar-refractivity contribution in [2.24, 2.45) is 23.7 Å². The van der Waals surface area contributed by atoms with Crippen molar-refractivity contribution in [3.63, 3.8) is 0 Å². The molecule has 1 aromatic carbocycles. The summed E-state index contributed by atoms with van der Waals surface area (Å²) in [6.07, 6.45) is 3.95. The van der Waals surface area contributed by atoms with Gasteiger partial charge in [-0.3, -0.25) is 9.59 Å². The van der Waals surface area contributed by atoms with Crippen molar-refractivity contribution in [2.45, 2.75) is 27.7 Å². The lowest BCUT2D eigenvalue weighted by Gasteiger charge is -2.23. The molecule has 1 saturated carbocycles. The Balaban J connectivity index is 1.91. The topological polar surface area (TPSA) is 66.4 Å². The maximum atomic E-state index is 12.9. The standard InChI is InChI=1S/C20H23NO3/c1-10(2)16-14-7-8-15(16)18(20(23)24)17(14)19(22)21-13-6-5-11(3)12(4)9-13/h5-9,14-15,17-18H,1-4H3,(H,21,22)(H,23,24). The van der Waals surface area contributed by atoms with Gasteiger partial charge in [-0.05, 0) is 51.0 Å². The van der Waals surface area contributed by atoms with Crippen LogP contribution in [0.15, 0.2) is 41.5 Å². The maximum absolute atomic E-state index is 12.9. The molecule has 4 nitrogen and oxygen atoms in total. The molecule has 0 saturated heterocycles. The van der Waals surface area contributed by atoms with Crippen molar-refractivity contribution in [1.82, 2.24) is 0 Å². The van der Waals surface area contributed by atoms with E-state index in [-0.39, 0.29) is 17.7 Å². The fourth-order valence-electron chi connectivity index (χ4n) is 4.09. The van der Waals surface area contributed by atoms with Crippen molar-refractivity contribution >= 4 is 17.6 Å². The highest BCUT2D eigenvalue weighted by atomic mass is 16.4. The number of hydrogen-bond acceptors (Lipinski definition) is 2. The second kappa shape index (κ2) is 5.93. The van der Waals surface area contributed by atoms with Gasteiger partial charge in [0.05, 0.1) is 11.8 Å². The molecule has 2 N–H and O–H groups in total. The molecule has 0 aliphatic heterocycles. The summed E-state index contributed by atoms with van der Waals surface area (Å²) >= 11 is 0. The Labute approximate surface area is 142 Å². The van der Waals surface area contributed by atoms with Crippen LogP contribution < -0.4 is 5.32 Å². The van der Waals surface area contributed by atoms with Gasteiger partial charge in [-0.15, -0.1) is 0 Å². The van der Waals surface area contributed by atoms with Crippen LogP contribution in [0, 0.1) is 37.5 Å². The van der Waals surface area contributed by atoms with Crippen molar-refractivity contribution in [1.29, 1.82) is 0 Å². The largest absolute Gasteiger partial charge is 0.481 e. The average Bonchev–Trinajstić information content (AvgIpc) is 3.06. The Kier molecular flexibility index (Phi) is 4.08. The van der Waals surface area contributed by atoms with Crippen molar-refractivity contribution < 1.29 is 14.7 Å². The van der Waals surface area contributed by atoms with E-state index in [1.54, 1.807) is 0 Å². The molecule has 1 aromatic rings. The summed E-state index contributed by atoms with van der Waals surface area (Å²) in [6, 6.07) is 5.75. The van der Waals surface area contributed by atoms with Gasteiger partial charge in [0.25, 0.3) is 0 Å². The Hall–Kier alpha value is -2.36. The average molecular weight is 325 g/mol. The van der Waals surface area contributed by atoms with Gasteiger partial charge in [-0.2, -0.15) is 0 Å². The van der Waals surface area contributed by atoms with E-state index in [0.29, 0.717) is 0 Å².